The molecule has 7 nitrogen and oxygen atoms in total. The molecule has 4 rings (SSSR count). The molecule has 0 aliphatic carbocycles. The van der Waals surface area contributed by atoms with Crippen LogP contribution in [0.4, 0.5) is 18.9 Å². The third-order valence-corrected chi connectivity index (χ3v) is 5.09. The van der Waals surface area contributed by atoms with Crippen LogP contribution in [0.3, 0.4) is 0 Å². The first-order valence-corrected chi connectivity index (χ1v) is 10.1. The Bertz CT molecular complexity index is 1140. The molecule has 1 unspecified atom stereocenters. The number of hydrogen-bond donors (Lipinski definition) is 1. The van der Waals surface area contributed by atoms with Gasteiger partial charge in [0.25, 0.3) is 0 Å². The molecule has 3 aromatic rings. The number of likely N-dealkylation sites (tertiary alicyclic amines) is 1. The molecule has 0 bridgehead atoms. The molecule has 2 heterocycles. The van der Waals surface area contributed by atoms with Crippen molar-refractivity contribution in [3.63, 3.8) is 0 Å². The first-order valence-electron chi connectivity index (χ1n) is 10.1. The third-order valence-electron chi connectivity index (χ3n) is 5.09. The molecular weight excluding hydrogens is 437 g/mol. The van der Waals surface area contributed by atoms with Crippen LogP contribution in [0.25, 0.3) is 0 Å². The van der Waals surface area contributed by atoms with E-state index in [1.54, 1.807) is 42.7 Å². The van der Waals surface area contributed by atoms with Crippen molar-refractivity contribution in [3.05, 3.63) is 78.1 Å². The van der Waals surface area contributed by atoms with E-state index in [0.717, 1.165) is 12.1 Å². The van der Waals surface area contributed by atoms with E-state index in [4.69, 9.17) is 4.74 Å². The number of ether oxygens (including phenoxy) is 1. The Morgan fingerprint density at radius 2 is 1.82 bits per heavy atom. The number of anilines is 1. The van der Waals surface area contributed by atoms with Crippen molar-refractivity contribution in [2.45, 2.75) is 19.1 Å². The van der Waals surface area contributed by atoms with Crippen molar-refractivity contribution in [2.75, 3.05) is 11.9 Å². The van der Waals surface area contributed by atoms with Crippen molar-refractivity contribution in [1.82, 2.24) is 14.9 Å². The minimum atomic E-state index is -4.46. The summed E-state index contributed by atoms with van der Waals surface area (Å²) in [6, 6.07) is 13.3. The van der Waals surface area contributed by atoms with Crippen LogP contribution in [0.1, 0.15) is 17.5 Å². The minimum Gasteiger partial charge on any atom is -0.424 e. The Hall–Kier alpha value is -3.95. The first-order chi connectivity index (χ1) is 15.8. The summed E-state index contributed by atoms with van der Waals surface area (Å²) in [6.45, 7) is 0.146. The van der Waals surface area contributed by atoms with Crippen molar-refractivity contribution in [3.8, 4) is 11.8 Å². The Kier molecular flexibility index (Phi) is 6.25. The normalized spacial score (nSPS) is 16.0. The van der Waals surface area contributed by atoms with Crippen LogP contribution < -0.4 is 10.1 Å². The molecule has 0 saturated carbocycles. The maximum Gasteiger partial charge on any atom is 0.416 e. The van der Waals surface area contributed by atoms with Gasteiger partial charge in [0, 0.05) is 37.6 Å². The van der Waals surface area contributed by atoms with Gasteiger partial charge >= 0.3 is 12.2 Å². The standard InChI is InChI=1S/C23H19F3N4O3/c24-23(25,26)17-4-1-3-15(11-17)13-30-14-16(12-20(30)31)21(32)29-18-5-7-19(8-6-18)33-22-27-9-2-10-28-22/h1-11,16H,12-14H2,(H,29,32). The number of rotatable bonds is 6. The van der Waals surface area contributed by atoms with Crippen LogP contribution in [-0.4, -0.2) is 33.2 Å². The quantitative estimate of drug-likeness (QED) is 0.599. The van der Waals surface area contributed by atoms with Crippen molar-refractivity contribution in [1.29, 1.82) is 0 Å². The highest BCUT2D eigenvalue weighted by molar-refractivity contribution is 5.97. The molecule has 170 valence electrons. The average molecular weight is 456 g/mol. The van der Waals surface area contributed by atoms with E-state index in [0.29, 0.717) is 17.0 Å². The number of nitrogens with one attached hydrogen (secondary N) is 1. The summed E-state index contributed by atoms with van der Waals surface area (Å²) in [6.07, 6.45) is -1.36. The molecule has 1 atom stereocenters. The summed E-state index contributed by atoms with van der Waals surface area (Å²) in [5.41, 5.74) is 0.106. The van der Waals surface area contributed by atoms with Crippen molar-refractivity contribution >= 4 is 17.5 Å². The van der Waals surface area contributed by atoms with Gasteiger partial charge in [-0.15, -0.1) is 0 Å². The van der Waals surface area contributed by atoms with E-state index < -0.39 is 17.7 Å². The number of carbonyl (C=O) groups excluding carboxylic acids is 2. The second-order valence-corrected chi connectivity index (χ2v) is 7.52. The predicted octanol–water partition coefficient (Wildman–Crippen LogP) is 4.27. The van der Waals surface area contributed by atoms with E-state index >= 15 is 0 Å². The second kappa shape index (κ2) is 9.27. The van der Waals surface area contributed by atoms with Gasteiger partial charge in [-0.3, -0.25) is 9.59 Å². The molecule has 10 heteroatoms. The fourth-order valence-corrected chi connectivity index (χ4v) is 3.46. The van der Waals surface area contributed by atoms with E-state index in [2.05, 4.69) is 15.3 Å². The number of alkyl halides is 3. The Morgan fingerprint density at radius 3 is 2.52 bits per heavy atom. The number of carbonyl (C=O) groups is 2. The molecule has 1 aliphatic heterocycles. The summed E-state index contributed by atoms with van der Waals surface area (Å²) in [7, 11) is 0. The number of halogens is 3. The lowest BCUT2D eigenvalue weighted by atomic mass is 10.1. The highest BCUT2D eigenvalue weighted by Crippen LogP contribution is 2.30. The monoisotopic (exact) mass is 456 g/mol. The average Bonchev–Trinajstić information content (AvgIpc) is 3.16. The lowest BCUT2D eigenvalue weighted by molar-refractivity contribution is -0.137. The molecular formula is C23H19F3N4O3. The van der Waals surface area contributed by atoms with Crippen LogP contribution in [-0.2, 0) is 22.3 Å². The van der Waals surface area contributed by atoms with Crippen molar-refractivity contribution < 1.29 is 27.5 Å². The van der Waals surface area contributed by atoms with E-state index in [1.807, 2.05) is 0 Å². The van der Waals surface area contributed by atoms with Gasteiger partial charge in [0.1, 0.15) is 5.75 Å². The zero-order valence-electron chi connectivity index (χ0n) is 17.2. The number of amides is 2. The van der Waals surface area contributed by atoms with Crippen LogP contribution >= 0.6 is 0 Å². The zero-order chi connectivity index (χ0) is 23.4. The smallest absolute Gasteiger partial charge is 0.416 e. The molecule has 2 amide bonds. The van der Waals surface area contributed by atoms with E-state index in [-0.39, 0.29) is 37.3 Å². The highest BCUT2D eigenvalue weighted by Gasteiger charge is 2.35. The summed E-state index contributed by atoms with van der Waals surface area (Å²) < 4.78 is 44.3. The minimum absolute atomic E-state index is 0.00264. The fraction of sp³-hybridized carbons (Fsp3) is 0.217. The molecule has 0 radical (unpaired) electrons. The molecule has 1 fully saturated rings. The SMILES string of the molecule is O=C(Nc1ccc(Oc2ncccn2)cc1)C1CC(=O)N(Cc2cccc(C(F)(F)F)c2)C1. The predicted molar refractivity (Wildman–Crippen MR) is 112 cm³/mol. The number of aromatic nitrogens is 2. The Labute approximate surface area is 187 Å². The zero-order valence-corrected chi connectivity index (χ0v) is 17.2. The number of hydrogen-bond acceptors (Lipinski definition) is 5. The number of nitrogens with zero attached hydrogens (tertiary/aromatic N) is 3. The number of benzene rings is 2. The summed E-state index contributed by atoms with van der Waals surface area (Å²) in [5.74, 6) is -0.728. The molecule has 1 saturated heterocycles. The maximum absolute atomic E-state index is 12.9. The van der Waals surface area contributed by atoms with Crippen LogP contribution in [0.15, 0.2) is 67.0 Å². The van der Waals surface area contributed by atoms with Crippen LogP contribution in [0.2, 0.25) is 0 Å². The Morgan fingerprint density at radius 1 is 1.09 bits per heavy atom. The van der Waals surface area contributed by atoms with Crippen LogP contribution in [0, 0.1) is 5.92 Å². The molecule has 0 spiro atoms. The van der Waals surface area contributed by atoms with Crippen molar-refractivity contribution in [2.24, 2.45) is 5.92 Å². The largest absolute Gasteiger partial charge is 0.424 e. The van der Waals surface area contributed by atoms with Crippen LogP contribution in [0.5, 0.6) is 11.8 Å². The lowest BCUT2D eigenvalue weighted by Crippen LogP contribution is -2.28. The first kappa shape index (κ1) is 22.3. The van der Waals surface area contributed by atoms with Gasteiger partial charge < -0.3 is 15.0 Å². The van der Waals surface area contributed by atoms with Gasteiger partial charge in [0.05, 0.1) is 11.5 Å². The second-order valence-electron chi connectivity index (χ2n) is 7.52. The summed E-state index contributed by atoms with van der Waals surface area (Å²) in [4.78, 5) is 34.3. The molecule has 1 N–H and O–H groups in total. The van der Waals surface area contributed by atoms with Gasteiger partial charge in [0.2, 0.25) is 11.8 Å². The molecule has 1 aromatic heterocycles. The Balaban J connectivity index is 1.34. The topological polar surface area (TPSA) is 84.4 Å². The van der Waals surface area contributed by atoms with Gasteiger partial charge in [-0.2, -0.15) is 13.2 Å². The summed E-state index contributed by atoms with van der Waals surface area (Å²) in [5, 5.41) is 2.76. The van der Waals surface area contributed by atoms with Gasteiger partial charge in [0.15, 0.2) is 0 Å². The van der Waals surface area contributed by atoms with E-state index in [1.165, 1.54) is 17.0 Å². The maximum atomic E-state index is 12.9. The highest BCUT2D eigenvalue weighted by atomic mass is 19.4. The molecule has 33 heavy (non-hydrogen) atoms. The van der Waals surface area contributed by atoms with Gasteiger partial charge in [-0.05, 0) is 48.0 Å². The fourth-order valence-electron chi connectivity index (χ4n) is 3.46. The molecule has 1 aliphatic rings. The third kappa shape index (κ3) is 5.65. The lowest BCUT2D eigenvalue weighted by Gasteiger charge is -2.17. The van der Waals surface area contributed by atoms with Gasteiger partial charge in [-0.25, -0.2) is 9.97 Å². The van der Waals surface area contributed by atoms with E-state index in [9.17, 15) is 22.8 Å². The molecule has 2 aromatic carbocycles. The van der Waals surface area contributed by atoms with Gasteiger partial charge in [-0.1, -0.05) is 12.1 Å². The summed E-state index contributed by atoms with van der Waals surface area (Å²) >= 11 is 0.